The van der Waals surface area contributed by atoms with E-state index in [2.05, 4.69) is 24.2 Å². The molecule has 1 aliphatic rings. The SMILES string of the molecule is CC1(c2ccc3noc(-c4ccccc4)c3c2)OCCS1. The highest BCUT2D eigenvalue weighted by atomic mass is 32.2. The van der Waals surface area contributed by atoms with Gasteiger partial charge in [0, 0.05) is 11.3 Å². The summed E-state index contributed by atoms with van der Waals surface area (Å²) in [4.78, 5) is -0.264. The lowest BCUT2D eigenvalue weighted by Crippen LogP contribution is -2.15. The van der Waals surface area contributed by atoms with E-state index >= 15 is 0 Å². The molecule has 21 heavy (non-hydrogen) atoms. The van der Waals surface area contributed by atoms with Gasteiger partial charge in [-0.15, -0.1) is 11.8 Å². The van der Waals surface area contributed by atoms with Gasteiger partial charge in [0.1, 0.15) is 10.4 Å². The van der Waals surface area contributed by atoms with Crippen molar-refractivity contribution in [3.05, 3.63) is 54.1 Å². The van der Waals surface area contributed by atoms with Gasteiger partial charge in [-0.05, 0) is 24.6 Å². The lowest BCUT2D eigenvalue weighted by molar-refractivity contribution is 0.0645. The molecule has 0 amide bonds. The Morgan fingerprint density at radius 2 is 2.00 bits per heavy atom. The van der Waals surface area contributed by atoms with Crippen LogP contribution >= 0.6 is 11.8 Å². The Morgan fingerprint density at radius 3 is 2.76 bits per heavy atom. The molecular formula is C17H15NO2S. The van der Waals surface area contributed by atoms with Crippen LogP contribution in [0.15, 0.2) is 53.1 Å². The van der Waals surface area contributed by atoms with Crippen LogP contribution in [0.2, 0.25) is 0 Å². The van der Waals surface area contributed by atoms with E-state index in [0.717, 1.165) is 40.1 Å². The van der Waals surface area contributed by atoms with Crippen LogP contribution in [0.4, 0.5) is 0 Å². The highest BCUT2D eigenvalue weighted by molar-refractivity contribution is 8.00. The van der Waals surface area contributed by atoms with Crippen molar-refractivity contribution in [1.29, 1.82) is 0 Å². The van der Waals surface area contributed by atoms with Crippen molar-refractivity contribution < 1.29 is 9.26 Å². The fourth-order valence-corrected chi connectivity index (χ4v) is 3.72. The van der Waals surface area contributed by atoms with Crippen molar-refractivity contribution in [2.45, 2.75) is 11.9 Å². The Hall–Kier alpha value is -1.78. The molecule has 3 aromatic rings. The molecule has 1 aromatic heterocycles. The van der Waals surface area contributed by atoms with Crippen LogP contribution < -0.4 is 0 Å². The standard InChI is InChI=1S/C17H15NO2S/c1-17(19-9-10-21-17)13-7-8-15-14(11-13)16(20-18-15)12-5-3-2-4-6-12/h2-8,11H,9-10H2,1H3. The van der Waals surface area contributed by atoms with Gasteiger partial charge in [0.25, 0.3) is 0 Å². The minimum absolute atomic E-state index is 0.264. The van der Waals surface area contributed by atoms with Crippen molar-refractivity contribution in [3.8, 4) is 11.3 Å². The number of rotatable bonds is 2. The van der Waals surface area contributed by atoms with E-state index in [4.69, 9.17) is 9.26 Å². The van der Waals surface area contributed by atoms with Gasteiger partial charge in [0.05, 0.1) is 12.0 Å². The van der Waals surface area contributed by atoms with E-state index in [1.54, 1.807) is 0 Å². The molecule has 1 aliphatic heterocycles. The molecule has 0 saturated carbocycles. The van der Waals surface area contributed by atoms with E-state index < -0.39 is 0 Å². The summed E-state index contributed by atoms with van der Waals surface area (Å²) in [5.41, 5.74) is 3.09. The van der Waals surface area contributed by atoms with Crippen molar-refractivity contribution in [2.75, 3.05) is 12.4 Å². The first kappa shape index (κ1) is 12.9. The maximum absolute atomic E-state index is 5.91. The summed E-state index contributed by atoms with van der Waals surface area (Å²) in [6.45, 7) is 2.93. The fourth-order valence-electron chi connectivity index (χ4n) is 2.70. The first-order valence-electron chi connectivity index (χ1n) is 6.99. The molecule has 0 bridgehead atoms. The molecule has 106 valence electrons. The van der Waals surface area contributed by atoms with Gasteiger partial charge < -0.3 is 9.26 Å². The number of fused-ring (bicyclic) bond motifs is 1. The monoisotopic (exact) mass is 297 g/mol. The predicted molar refractivity (Wildman–Crippen MR) is 85.2 cm³/mol. The van der Waals surface area contributed by atoms with Crippen molar-refractivity contribution in [3.63, 3.8) is 0 Å². The Labute approximate surface area is 127 Å². The Bertz CT molecular complexity index is 776. The molecule has 0 radical (unpaired) electrons. The van der Waals surface area contributed by atoms with Crippen molar-refractivity contribution in [2.24, 2.45) is 0 Å². The average Bonchev–Trinajstić information content (AvgIpc) is 3.14. The second kappa shape index (κ2) is 4.90. The highest BCUT2D eigenvalue weighted by Gasteiger charge is 2.33. The summed E-state index contributed by atoms with van der Waals surface area (Å²) in [6.07, 6.45) is 0. The first-order chi connectivity index (χ1) is 10.3. The molecule has 1 atom stereocenters. The molecule has 2 heterocycles. The predicted octanol–water partition coefficient (Wildman–Crippen LogP) is 4.43. The lowest BCUT2D eigenvalue weighted by Gasteiger charge is -2.22. The zero-order chi connectivity index (χ0) is 14.3. The number of aromatic nitrogens is 1. The largest absolute Gasteiger partial charge is 0.359 e. The van der Waals surface area contributed by atoms with Crippen LogP contribution in [-0.4, -0.2) is 17.5 Å². The van der Waals surface area contributed by atoms with E-state index in [9.17, 15) is 0 Å². The molecule has 1 saturated heterocycles. The summed E-state index contributed by atoms with van der Waals surface area (Å²) in [5, 5.41) is 5.20. The van der Waals surface area contributed by atoms with Crippen molar-refractivity contribution in [1.82, 2.24) is 5.16 Å². The van der Waals surface area contributed by atoms with Crippen LogP contribution in [0.3, 0.4) is 0 Å². The maximum Gasteiger partial charge on any atom is 0.174 e. The van der Waals surface area contributed by atoms with Gasteiger partial charge in [-0.1, -0.05) is 41.6 Å². The highest BCUT2D eigenvalue weighted by Crippen LogP contribution is 2.43. The molecular weight excluding hydrogens is 282 g/mol. The van der Waals surface area contributed by atoms with E-state index in [1.807, 2.05) is 48.2 Å². The molecule has 2 aromatic carbocycles. The minimum Gasteiger partial charge on any atom is -0.359 e. The van der Waals surface area contributed by atoms with Crippen LogP contribution in [0.1, 0.15) is 12.5 Å². The molecule has 4 rings (SSSR count). The van der Waals surface area contributed by atoms with Gasteiger partial charge in [-0.3, -0.25) is 0 Å². The van der Waals surface area contributed by atoms with Gasteiger partial charge in [0.2, 0.25) is 0 Å². The zero-order valence-electron chi connectivity index (χ0n) is 11.7. The first-order valence-corrected chi connectivity index (χ1v) is 7.98. The van der Waals surface area contributed by atoms with Gasteiger partial charge in [-0.2, -0.15) is 0 Å². The normalized spacial score (nSPS) is 22.0. The van der Waals surface area contributed by atoms with Gasteiger partial charge >= 0.3 is 0 Å². The minimum atomic E-state index is -0.264. The van der Waals surface area contributed by atoms with Crippen molar-refractivity contribution >= 4 is 22.7 Å². The lowest BCUT2D eigenvalue weighted by atomic mass is 10.0. The quantitative estimate of drug-likeness (QED) is 0.701. The number of benzene rings is 2. The van der Waals surface area contributed by atoms with Gasteiger partial charge in [-0.25, -0.2) is 0 Å². The summed E-state index contributed by atoms with van der Waals surface area (Å²) in [5.74, 6) is 1.85. The third-order valence-electron chi connectivity index (χ3n) is 3.88. The molecule has 4 heteroatoms. The Morgan fingerprint density at radius 1 is 1.14 bits per heavy atom. The number of hydrogen-bond acceptors (Lipinski definition) is 4. The van der Waals surface area contributed by atoms with E-state index in [0.29, 0.717) is 0 Å². The van der Waals surface area contributed by atoms with E-state index in [1.165, 1.54) is 0 Å². The molecule has 3 nitrogen and oxygen atoms in total. The smallest absolute Gasteiger partial charge is 0.174 e. The molecule has 0 spiro atoms. The summed E-state index contributed by atoms with van der Waals surface area (Å²) < 4.78 is 11.5. The zero-order valence-corrected chi connectivity index (χ0v) is 12.5. The van der Waals surface area contributed by atoms with Gasteiger partial charge in [0.15, 0.2) is 5.76 Å². The van der Waals surface area contributed by atoms with Crippen LogP contribution in [0.25, 0.3) is 22.2 Å². The van der Waals surface area contributed by atoms with Crippen LogP contribution in [0.5, 0.6) is 0 Å². The summed E-state index contributed by atoms with van der Waals surface area (Å²) >= 11 is 1.84. The molecule has 1 unspecified atom stereocenters. The third kappa shape index (κ3) is 2.15. The summed E-state index contributed by atoms with van der Waals surface area (Å²) in [7, 11) is 0. The Kier molecular flexibility index (Phi) is 3.01. The van der Waals surface area contributed by atoms with E-state index in [-0.39, 0.29) is 4.93 Å². The second-order valence-electron chi connectivity index (χ2n) is 5.25. The average molecular weight is 297 g/mol. The number of ether oxygens (including phenoxy) is 1. The third-order valence-corrected chi connectivity index (χ3v) is 5.15. The summed E-state index contributed by atoms with van der Waals surface area (Å²) in [6, 6.07) is 16.3. The fraction of sp³-hybridized carbons (Fsp3) is 0.235. The van der Waals surface area contributed by atoms with Crippen LogP contribution in [0, 0.1) is 0 Å². The Balaban J connectivity index is 1.87. The number of thioether (sulfide) groups is 1. The molecule has 1 fully saturated rings. The molecule has 0 N–H and O–H groups in total. The number of hydrogen-bond donors (Lipinski definition) is 0. The second-order valence-corrected chi connectivity index (χ2v) is 6.73. The maximum atomic E-state index is 5.91. The van der Waals surface area contributed by atoms with Crippen LogP contribution in [-0.2, 0) is 9.67 Å². The topological polar surface area (TPSA) is 35.3 Å². The number of nitrogens with zero attached hydrogens (tertiary/aromatic N) is 1. The molecule has 0 aliphatic carbocycles.